The van der Waals surface area contributed by atoms with E-state index in [1.54, 1.807) is 13.0 Å². The summed E-state index contributed by atoms with van der Waals surface area (Å²) >= 11 is 0. The van der Waals surface area contributed by atoms with Crippen LogP contribution in [0.2, 0.25) is 0 Å². The molecule has 0 atom stereocenters. The van der Waals surface area contributed by atoms with Gasteiger partial charge in [-0.3, -0.25) is 4.79 Å². The molecular formula is C29H22N2O. The smallest absolute Gasteiger partial charge is 0.152 e. The van der Waals surface area contributed by atoms with Crippen molar-refractivity contribution in [3.05, 3.63) is 115 Å². The minimum atomic E-state index is 0.0390. The maximum atomic E-state index is 11.2. The summed E-state index contributed by atoms with van der Waals surface area (Å²) in [5.41, 5.74) is 8.41. The molecule has 0 aliphatic rings. The quantitative estimate of drug-likeness (QED) is 0.292. The minimum absolute atomic E-state index is 0.0390. The Labute approximate surface area is 187 Å². The molecule has 0 N–H and O–H groups in total. The van der Waals surface area contributed by atoms with Crippen molar-refractivity contribution in [3.8, 4) is 33.5 Å². The zero-order chi connectivity index (χ0) is 21.9. The fraction of sp³-hybridized carbons (Fsp3) is 0.0345. The average molecular weight is 415 g/mol. The topological polar surface area (TPSA) is 34.4 Å². The fourth-order valence-corrected chi connectivity index (χ4v) is 3.83. The van der Waals surface area contributed by atoms with Gasteiger partial charge in [0.2, 0.25) is 0 Å². The second kappa shape index (κ2) is 8.48. The molecule has 0 radical (unpaired) electrons. The third kappa shape index (κ3) is 4.01. The number of aromatic nitrogens is 2. The number of allylic oxidation sites excluding steroid dienone is 1. The Kier molecular flexibility index (Phi) is 5.22. The molecule has 0 fully saturated rings. The van der Waals surface area contributed by atoms with Crippen molar-refractivity contribution in [1.82, 2.24) is 9.38 Å². The Balaban J connectivity index is 1.63. The van der Waals surface area contributed by atoms with Gasteiger partial charge in [0.1, 0.15) is 5.65 Å². The van der Waals surface area contributed by atoms with E-state index in [4.69, 9.17) is 4.98 Å². The number of benzene rings is 3. The zero-order valence-electron chi connectivity index (χ0n) is 17.8. The van der Waals surface area contributed by atoms with Gasteiger partial charge < -0.3 is 4.40 Å². The zero-order valence-corrected chi connectivity index (χ0v) is 17.8. The van der Waals surface area contributed by atoms with Crippen molar-refractivity contribution < 1.29 is 4.79 Å². The van der Waals surface area contributed by atoms with Crippen LogP contribution in [0, 0.1) is 0 Å². The van der Waals surface area contributed by atoms with Crippen LogP contribution in [-0.4, -0.2) is 15.2 Å². The number of imidazole rings is 1. The van der Waals surface area contributed by atoms with Crippen molar-refractivity contribution in [3.63, 3.8) is 0 Å². The predicted octanol–water partition coefficient (Wildman–Crippen LogP) is 6.94. The van der Waals surface area contributed by atoms with E-state index >= 15 is 0 Å². The van der Waals surface area contributed by atoms with Crippen molar-refractivity contribution >= 4 is 17.5 Å². The fourth-order valence-electron chi connectivity index (χ4n) is 3.83. The second-order valence-corrected chi connectivity index (χ2v) is 7.80. The molecule has 0 amide bonds. The largest absolute Gasteiger partial charge is 0.305 e. The minimum Gasteiger partial charge on any atom is -0.305 e. The van der Waals surface area contributed by atoms with Gasteiger partial charge in [-0.05, 0) is 41.3 Å². The number of fused-ring (bicyclic) bond motifs is 1. The molecule has 0 aliphatic heterocycles. The third-order valence-corrected chi connectivity index (χ3v) is 5.46. The second-order valence-electron chi connectivity index (χ2n) is 7.80. The highest BCUT2D eigenvalue weighted by Gasteiger charge is 2.12. The molecule has 32 heavy (non-hydrogen) atoms. The van der Waals surface area contributed by atoms with Crippen molar-refractivity contribution in [2.45, 2.75) is 6.92 Å². The van der Waals surface area contributed by atoms with E-state index in [0.717, 1.165) is 39.2 Å². The average Bonchev–Trinajstić information content (AvgIpc) is 3.28. The molecule has 154 valence electrons. The summed E-state index contributed by atoms with van der Waals surface area (Å²) < 4.78 is 2.11. The van der Waals surface area contributed by atoms with Gasteiger partial charge in [-0.1, -0.05) is 91.0 Å². The van der Waals surface area contributed by atoms with Gasteiger partial charge in [0.15, 0.2) is 5.78 Å². The van der Waals surface area contributed by atoms with E-state index < -0.39 is 0 Å². The van der Waals surface area contributed by atoms with Crippen LogP contribution in [0.25, 0.3) is 45.2 Å². The van der Waals surface area contributed by atoms with Crippen LogP contribution >= 0.6 is 0 Å². The molecular weight excluding hydrogens is 392 g/mol. The van der Waals surface area contributed by atoms with Gasteiger partial charge in [0.25, 0.3) is 0 Å². The molecule has 3 heteroatoms. The molecule has 2 aromatic heterocycles. The van der Waals surface area contributed by atoms with Gasteiger partial charge >= 0.3 is 0 Å². The van der Waals surface area contributed by atoms with Gasteiger partial charge in [-0.2, -0.15) is 0 Å². The van der Waals surface area contributed by atoms with Crippen LogP contribution in [0.5, 0.6) is 0 Å². The molecule has 5 aromatic rings. The van der Waals surface area contributed by atoms with E-state index in [2.05, 4.69) is 71.4 Å². The first kappa shape index (κ1) is 19.7. The molecule has 0 spiro atoms. The molecule has 5 rings (SSSR count). The molecule has 3 nitrogen and oxygen atoms in total. The molecule has 0 saturated heterocycles. The standard InChI is InChI=1S/C29H22N2O/c1-21(32)12-13-22-14-16-25(17-15-22)28-20-31-19-26(23-8-4-2-5-9-23)18-27(29(31)30-28)24-10-6-3-7-11-24/h2-20H,1H3. The normalized spacial score (nSPS) is 11.3. The SMILES string of the molecule is CC(=O)C=Cc1ccc(-c2cn3cc(-c4ccccc4)cc(-c4ccccc4)c3n2)cc1. The number of hydrogen-bond donors (Lipinski definition) is 0. The Morgan fingerprint density at radius 1 is 0.750 bits per heavy atom. The summed E-state index contributed by atoms with van der Waals surface area (Å²) in [6.45, 7) is 1.55. The number of rotatable bonds is 5. The first-order chi connectivity index (χ1) is 15.7. The van der Waals surface area contributed by atoms with Crippen LogP contribution < -0.4 is 0 Å². The highest BCUT2D eigenvalue weighted by Crippen LogP contribution is 2.32. The van der Waals surface area contributed by atoms with Crippen LogP contribution in [0.15, 0.2) is 109 Å². The van der Waals surface area contributed by atoms with E-state index in [-0.39, 0.29) is 5.78 Å². The highest BCUT2D eigenvalue weighted by molar-refractivity contribution is 5.91. The number of nitrogens with zero attached hydrogens (tertiary/aromatic N) is 2. The first-order valence-electron chi connectivity index (χ1n) is 10.6. The number of ketones is 1. The molecule has 0 bridgehead atoms. The number of pyridine rings is 1. The summed E-state index contributed by atoms with van der Waals surface area (Å²) in [4.78, 5) is 16.2. The van der Waals surface area contributed by atoms with Crippen molar-refractivity contribution in [2.75, 3.05) is 0 Å². The predicted molar refractivity (Wildman–Crippen MR) is 131 cm³/mol. The molecule has 0 aliphatic carbocycles. The summed E-state index contributed by atoms with van der Waals surface area (Å²) in [5.74, 6) is 0.0390. The van der Waals surface area contributed by atoms with E-state index in [0.29, 0.717) is 0 Å². The molecule has 2 heterocycles. The molecule has 0 saturated carbocycles. The van der Waals surface area contributed by atoms with Crippen molar-refractivity contribution in [1.29, 1.82) is 0 Å². The maximum absolute atomic E-state index is 11.2. The summed E-state index contributed by atoms with van der Waals surface area (Å²) in [7, 11) is 0. The highest BCUT2D eigenvalue weighted by atomic mass is 16.1. The Morgan fingerprint density at radius 2 is 1.41 bits per heavy atom. The van der Waals surface area contributed by atoms with Gasteiger partial charge in [0.05, 0.1) is 5.69 Å². The van der Waals surface area contributed by atoms with Gasteiger partial charge in [-0.25, -0.2) is 4.98 Å². The monoisotopic (exact) mass is 414 g/mol. The van der Waals surface area contributed by atoms with Crippen molar-refractivity contribution in [2.24, 2.45) is 0 Å². The lowest BCUT2D eigenvalue weighted by atomic mass is 10.0. The van der Waals surface area contributed by atoms with Gasteiger partial charge in [-0.15, -0.1) is 0 Å². The van der Waals surface area contributed by atoms with Crippen LogP contribution in [0.4, 0.5) is 0 Å². The third-order valence-electron chi connectivity index (χ3n) is 5.46. The van der Waals surface area contributed by atoms with E-state index in [1.807, 2.05) is 42.5 Å². The first-order valence-corrected chi connectivity index (χ1v) is 10.6. The number of carbonyl (C=O) groups is 1. The van der Waals surface area contributed by atoms with E-state index in [9.17, 15) is 4.79 Å². The Bertz CT molecular complexity index is 1410. The lowest BCUT2D eigenvalue weighted by Crippen LogP contribution is -1.90. The summed E-state index contributed by atoms with van der Waals surface area (Å²) in [5, 5.41) is 0. The Morgan fingerprint density at radius 3 is 2.06 bits per heavy atom. The molecule has 0 unspecified atom stereocenters. The van der Waals surface area contributed by atoms with Crippen LogP contribution in [0.3, 0.4) is 0 Å². The number of carbonyl (C=O) groups excluding carboxylic acids is 1. The Hall–Kier alpha value is -4.24. The maximum Gasteiger partial charge on any atom is 0.152 e. The lowest BCUT2D eigenvalue weighted by Gasteiger charge is -2.09. The van der Waals surface area contributed by atoms with E-state index in [1.165, 1.54) is 5.56 Å². The lowest BCUT2D eigenvalue weighted by molar-refractivity contribution is -0.112. The summed E-state index contributed by atoms with van der Waals surface area (Å²) in [6, 6.07) is 31.1. The molecule has 3 aromatic carbocycles. The van der Waals surface area contributed by atoms with Crippen LogP contribution in [0.1, 0.15) is 12.5 Å². The van der Waals surface area contributed by atoms with Crippen LogP contribution in [-0.2, 0) is 4.79 Å². The summed E-state index contributed by atoms with van der Waals surface area (Å²) in [6.07, 6.45) is 7.62. The van der Waals surface area contributed by atoms with Gasteiger partial charge in [0, 0.05) is 23.5 Å². The number of hydrogen-bond acceptors (Lipinski definition) is 2.